The normalized spacial score (nSPS) is 15.1. The summed E-state index contributed by atoms with van der Waals surface area (Å²) < 4.78 is -0.296. The van der Waals surface area contributed by atoms with E-state index < -0.39 is 5.97 Å². The van der Waals surface area contributed by atoms with Gasteiger partial charge in [0.1, 0.15) is 3.92 Å². The fourth-order valence-corrected chi connectivity index (χ4v) is 0.370. The molecule has 3 heteroatoms. The van der Waals surface area contributed by atoms with Gasteiger partial charge in [0.25, 0.3) is 0 Å². The lowest BCUT2D eigenvalue weighted by Crippen LogP contribution is -2.28. The number of aliphatic carboxylic acids is 1. The third-order valence-corrected chi connectivity index (χ3v) is 3.38. The highest BCUT2D eigenvalue weighted by Gasteiger charge is 2.27. The molecule has 0 bridgehead atoms. The van der Waals surface area contributed by atoms with Crippen LogP contribution in [0.2, 0.25) is 0 Å². The monoisotopic (exact) mass is 242 g/mol. The summed E-state index contributed by atoms with van der Waals surface area (Å²) in [5.74, 6) is -0.733. The number of rotatable bonds is 1. The lowest BCUT2D eigenvalue weighted by molar-refractivity contribution is -0.137. The highest BCUT2D eigenvalue weighted by molar-refractivity contribution is 14.1. The number of carboxylic acid groups (broad SMARTS) is 1. The molecule has 0 saturated heterocycles. The first-order chi connectivity index (χ1) is 3.85. The highest BCUT2D eigenvalue weighted by atomic mass is 127. The Morgan fingerprint density at radius 1 is 1.56 bits per heavy atom. The summed E-state index contributed by atoms with van der Waals surface area (Å²) in [6, 6.07) is 0. The molecule has 0 spiro atoms. The third kappa shape index (κ3) is 3.03. The topological polar surface area (TPSA) is 37.3 Å². The molecule has 0 fully saturated rings. The Morgan fingerprint density at radius 2 is 1.89 bits per heavy atom. The molecule has 0 rings (SSSR count). The largest absolute Gasteiger partial charge is 0.480 e. The molecule has 0 aliphatic rings. The van der Waals surface area contributed by atoms with Crippen LogP contribution in [-0.4, -0.2) is 15.0 Å². The average molecular weight is 242 g/mol. The fraction of sp³-hybridized carbons (Fsp3) is 0.833. The van der Waals surface area contributed by atoms with E-state index in [4.69, 9.17) is 5.11 Å². The lowest BCUT2D eigenvalue weighted by Gasteiger charge is -2.21. The van der Waals surface area contributed by atoms with Gasteiger partial charge in [0.15, 0.2) is 0 Å². The first kappa shape index (κ1) is 9.20. The van der Waals surface area contributed by atoms with Crippen molar-refractivity contribution >= 4 is 28.6 Å². The summed E-state index contributed by atoms with van der Waals surface area (Å²) in [6.45, 7) is 5.74. The smallest absolute Gasteiger partial charge is 0.316 e. The second-order valence-corrected chi connectivity index (χ2v) is 4.31. The van der Waals surface area contributed by atoms with Gasteiger partial charge in [0.2, 0.25) is 0 Å². The molecule has 0 radical (unpaired) electrons. The van der Waals surface area contributed by atoms with Crippen LogP contribution in [0.25, 0.3) is 0 Å². The van der Waals surface area contributed by atoms with Gasteiger partial charge >= 0.3 is 5.97 Å². The number of carboxylic acids is 1. The maximum absolute atomic E-state index is 10.3. The number of carbonyl (C=O) groups is 1. The van der Waals surface area contributed by atoms with E-state index >= 15 is 0 Å². The van der Waals surface area contributed by atoms with Crippen molar-refractivity contribution in [1.29, 1.82) is 0 Å². The van der Waals surface area contributed by atoms with Gasteiger partial charge in [-0.1, -0.05) is 43.4 Å². The molecule has 0 aliphatic heterocycles. The second-order valence-electron chi connectivity index (χ2n) is 3.07. The van der Waals surface area contributed by atoms with Crippen molar-refractivity contribution in [3.05, 3.63) is 0 Å². The van der Waals surface area contributed by atoms with Gasteiger partial charge < -0.3 is 5.11 Å². The quantitative estimate of drug-likeness (QED) is 0.563. The standard InChI is InChI=1S/C6H11IO2/c1-6(2,3)4(7)5(8)9/h4H,1-3H3,(H,8,9)/t4-/m1/s1. The Labute approximate surface area is 68.8 Å². The van der Waals surface area contributed by atoms with Crippen molar-refractivity contribution < 1.29 is 9.90 Å². The molecular formula is C6H11IO2. The van der Waals surface area contributed by atoms with Crippen LogP contribution in [0.1, 0.15) is 20.8 Å². The molecule has 2 nitrogen and oxygen atoms in total. The van der Waals surface area contributed by atoms with Crippen LogP contribution in [0.5, 0.6) is 0 Å². The Morgan fingerprint density at radius 3 is 1.89 bits per heavy atom. The zero-order valence-corrected chi connectivity index (χ0v) is 7.97. The van der Waals surface area contributed by atoms with Crippen molar-refractivity contribution in [2.24, 2.45) is 5.41 Å². The van der Waals surface area contributed by atoms with Crippen LogP contribution < -0.4 is 0 Å². The van der Waals surface area contributed by atoms with Crippen molar-refractivity contribution in [2.75, 3.05) is 0 Å². The van der Waals surface area contributed by atoms with Gasteiger partial charge in [0.05, 0.1) is 0 Å². The minimum atomic E-state index is -0.733. The first-order valence-electron chi connectivity index (χ1n) is 2.72. The minimum Gasteiger partial charge on any atom is -0.480 e. The molecule has 0 unspecified atom stereocenters. The van der Waals surface area contributed by atoms with E-state index in [0.29, 0.717) is 0 Å². The van der Waals surface area contributed by atoms with Crippen LogP contribution in [0.3, 0.4) is 0 Å². The van der Waals surface area contributed by atoms with Crippen molar-refractivity contribution in [1.82, 2.24) is 0 Å². The van der Waals surface area contributed by atoms with E-state index in [0.717, 1.165) is 0 Å². The SMILES string of the molecule is CC(C)(C)[C@H](I)C(=O)O. The van der Waals surface area contributed by atoms with Gasteiger partial charge in [-0.25, -0.2) is 0 Å². The van der Waals surface area contributed by atoms with Crippen molar-refractivity contribution in [3.8, 4) is 0 Å². The van der Waals surface area contributed by atoms with Gasteiger partial charge in [-0.3, -0.25) is 4.79 Å². The summed E-state index contributed by atoms with van der Waals surface area (Å²) in [6.07, 6.45) is 0. The van der Waals surface area contributed by atoms with Crippen molar-refractivity contribution in [3.63, 3.8) is 0 Å². The van der Waals surface area contributed by atoms with Gasteiger partial charge in [-0.2, -0.15) is 0 Å². The molecule has 9 heavy (non-hydrogen) atoms. The Hall–Kier alpha value is 0.200. The Bertz CT molecular complexity index is 115. The van der Waals surface area contributed by atoms with E-state index in [1.807, 2.05) is 43.4 Å². The summed E-state index contributed by atoms with van der Waals surface area (Å²) in [5.41, 5.74) is -0.133. The predicted molar refractivity (Wildman–Crippen MR) is 44.9 cm³/mol. The molecule has 0 heterocycles. The molecular weight excluding hydrogens is 231 g/mol. The summed E-state index contributed by atoms with van der Waals surface area (Å²) >= 11 is 1.94. The van der Waals surface area contributed by atoms with E-state index in [-0.39, 0.29) is 9.34 Å². The van der Waals surface area contributed by atoms with E-state index in [9.17, 15) is 4.79 Å². The van der Waals surface area contributed by atoms with Crippen LogP contribution in [-0.2, 0) is 4.79 Å². The van der Waals surface area contributed by atoms with Crippen LogP contribution in [0.4, 0.5) is 0 Å². The summed E-state index contributed by atoms with van der Waals surface area (Å²) in [7, 11) is 0. The molecule has 0 aliphatic carbocycles. The molecule has 1 N–H and O–H groups in total. The van der Waals surface area contributed by atoms with Gasteiger partial charge in [-0.05, 0) is 5.41 Å². The van der Waals surface area contributed by atoms with Crippen molar-refractivity contribution in [2.45, 2.75) is 24.7 Å². The number of hydrogen-bond acceptors (Lipinski definition) is 1. The van der Waals surface area contributed by atoms with Crippen LogP contribution in [0.15, 0.2) is 0 Å². The highest BCUT2D eigenvalue weighted by Crippen LogP contribution is 2.26. The van der Waals surface area contributed by atoms with Crippen LogP contribution >= 0.6 is 22.6 Å². The Kier molecular flexibility index (Phi) is 2.92. The number of alkyl halides is 1. The Balaban J connectivity index is 4.04. The maximum Gasteiger partial charge on any atom is 0.316 e. The molecule has 54 valence electrons. The lowest BCUT2D eigenvalue weighted by atomic mass is 9.92. The fourth-order valence-electron chi connectivity index (χ4n) is 0.370. The number of halogens is 1. The predicted octanol–water partition coefficient (Wildman–Crippen LogP) is 1.92. The molecule has 0 amide bonds. The third-order valence-electron chi connectivity index (χ3n) is 0.977. The van der Waals surface area contributed by atoms with E-state index in [2.05, 4.69) is 0 Å². The van der Waals surface area contributed by atoms with Crippen LogP contribution in [0, 0.1) is 5.41 Å². The minimum absolute atomic E-state index is 0.133. The average Bonchev–Trinajstić information content (AvgIpc) is 1.62. The molecule has 0 aromatic rings. The molecule has 0 saturated carbocycles. The molecule has 0 aromatic carbocycles. The second kappa shape index (κ2) is 2.86. The van der Waals surface area contributed by atoms with E-state index in [1.54, 1.807) is 0 Å². The zero-order valence-electron chi connectivity index (χ0n) is 5.81. The maximum atomic E-state index is 10.3. The first-order valence-corrected chi connectivity index (χ1v) is 3.97. The molecule has 0 aromatic heterocycles. The van der Waals surface area contributed by atoms with Gasteiger partial charge in [0, 0.05) is 0 Å². The summed E-state index contributed by atoms with van der Waals surface area (Å²) in [4.78, 5) is 10.3. The zero-order chi connectivity index (χ0) is 7.65. The van der Waals surface area contributed by atoms with Gasteiger partial charge in [-0.15, -0.1) is 0 Å². The summed E-state index contributed by atoms with van der Waals surface area (Å²) in [5, 5.41) is 8.51. The molecule has 1 atom stereocenters. The van der Waals surface area contributed by atoms with E-state index in [1.165, 1.54) is 0 Å². The number of hydrogen-bond donors (Lipinski definition) is 1.